The van der Waals surface area contributed by atoms with Gasteiger partial charge in [-0.3, -0.25) is 9.59 Å². The Bertz CT molecular complexity index is 726. The lowest BCUT2D eigenvalue weighted by Gasteiger charge is -2.21. The van der Waals surface area contributed by atoms with E-state index in [4.69, 9.17) is 4.74 Å². The van der Waals surface area contributed by atoms with E-state index in [1.807, 2.05) is 37.3 Å². The third kappa shape index (κ3) is 5.35. The van der Waals surface area contributed by atoms with Gasteiger partial charge in [-0.25, -0.2) is 0 Å². The Morgan fingerprint density at radius 1 is 1.08 bits per heavy atom. The summed E-state index contributed by atoms with van der Waals surface area (Å²) < 4.78 is 5.20. The lowest BCUT2D eigenvalue weighted by Crippen LogP contribution is -2.37. The first-order chi connectivity index (χ1) is 12.0. The fourth-order valence-electron chi connectivity index (χ4n) is 2.49. The number of hydrogen-bond acceptors (Lipinski definition) is 3. The van der Waals surface area contributed by atoms with Gasteiger partial charge in [-0.2, -0.15) is 0 Å². The van der Waals surface area contributed by atoms with Crippen LogP contribution in [0.5, 0.6) is 5.75 Å². The molecule has 2 rings (SSSR count). The average molecular weight is 340 g/mol. The van der Waals surface area contributed by atoms with E-state index >= 15 is 0 Å². The van der Waals surface area contributed by atoms with E-state index in [0.29, 0.717) is 30.9 Å². The quantitative estimate of drug-likeness (QED) is 0.843. The van der Waals surface area contributed by atoms with Crippen LogP contribution < -0.4 is 10.1 Å². The summed E-state index contributed by atoms with van der Waals surface area (Å²) in [4.78, 5) is 25.8. The largest absolute Gasteiger partial charge is 0.496 e. The van der Waals surface area contributed by atoms with E-state index in [1.54, 1.807) is 23.1 Å². The molecule has 132 valence electrons. The summed E-state index contributed by atoms with van der Waals surface area (Å²) in [7, 11) is 1.53. The number of benzene rings is 2. The molecule has 0 saturated heterocycles. The van der Waals surface area contributed by atoms with Gasteiger partial charge in [0, 0.05) is 26.6 Å². The summed E-state index contributed by atoms with van der Waals surface area (Å²) in [5.74, 6) is 0.298. The highest BCUT2D eigenvalue weighted by Crippen LogP contribution is 2.16. The molecule has 2 amide bonds. The highest BCUT2D eigenvalue weighted by atomic mass is 16.5. The van der Waals surface area contributed by atoms with Crippen molar-refractivity contribution >= 4 is 11.8 Å². The van der Waals surface area contributed by atoms with Gasteiger partial charge in [-0.15, -0.1) is 0 Å². The maximum absolute atomic E-state index is 12.3. The summed E-state index contributed by atoms with van der Waals surface area (Å²) in [5.41, 5.74) is 2.73. The van der Waals surface area contributed by atoms with Crippen molar-refractivity contribution in [3.8, 4) is 5.75 Å². The fraction of sp³-hybridized carbons (Fsp3) is 0.300. The number of amides is 2. The van der Waals surface area contributed by atoms with Crippen LogP contribution in [0.1, 0.15) is 28.4 Å². The van der Waals surface area contributed by atoms with Crippen molar-refractivity contribution in [2.75, 3.05) is 20.2 Å². The van der Waals surface area contributed by atoms with E-state index in [9.17, 15) is 9.59 Å². The van der Waals surface area contributed by atoms with Crippen LogP contribution in [0.2, 0.25) is 0 Å². The van der Waals surface area contributed by atoms with E-state index in [2.05, 4.69) is 5.32 Å². The summed E-state index contributed by atoms with van der Waals surface area (Å²) >= 11 is 0. The normalized spacial score (nSPS) is 10.2. The highest BCUT2D eigenvalue weighted by molar-refractivity contribution is 5.96. The van der Waals surface area contributed by atoms with Crippen LogP contribution in [0.3, 0.4) is 0 Å². The van der Waals surface area contributed by atoms with Crippen molar-refractivity contribution in [3.63, 3.8) is 0 Å². The molecule has 0 spiro atoms. The van der Waals surface area contributed by atoms with Crippen LogP contribution in [-0.4, -0.2) is 36.9 Å². The second-order valence-corrected chi connectivity index (χ2v) is 5.88. The van der Waals surface area contributed by atoms with Crippen molar-refractivity contribution in [1.82, 2.24) is 10.2 Å². The molecule has 0 unspecified atom stereocenters. The molecular formula is C20H24N2O3. The number of aryl methyl sites for hydroxylation is 1. The molecular weight excluding hydrogens is 316 g/mol. The van der Waals surface area contributed by atoms with Gasteiger partial charge in [0.2, 0.25) is 5.91 Å². The van der Waals surface area contributed by atoms with Gasteiger partial charge in [-0.05, 0) is 24.6 Å². The predicted octanol–water partition coefficient (Wildman–Crippen LogP) is 2.78. The zero-order valence-corrected chi connectivity index (χ0v) is 14.9. The first kappa shape index (κ1) is 18.5. The zero-order chi connectivity index (χ0) is 18.2. The topological polar surface area (TPSA) is 58.6 Å². The van der Waals surface area contributed by atoms with E-state index < -0.39 is 0 Å². The number of para-hydroxylation sites is 1. The second kappa shape index (κ2) is 8.87. The monoisotopic (exact) mass is 340 g/mol. The maximum Gasteiger partial charge on any atom is 0.255 e. The van der Waals surface area contributed by atoms with Crippen molar-refractivity contribution in [1.29, 1.82) is 0 Å². The van der Waals surface area contributed by atoms with Crippen LogP contribution in [0, 0.1) is 6.92 Å². The molecule has 5 nitrogen and oxygen atoms in total. The van der Waals surface area contributed by atoms with Gasteiger partial charge in [0.05, 0.1) is 12.7 Å². The van der Waals surface area contributed by atoms with Crippen molar-refractivity contribution in [2.24, 2.45) is 0 Å². The van der Waals surface area contributed by atoms with Crippen molar-refractivity contribution in [3.05, 3.63) is 65.2 Å². The standard InChI is InChI=1S/C20H24N2O3/c1-15-8-10-17(11-9-15)14-22(16(2)23)13-12-21-20(24)18-6-4-5-7-19(18)25-3/h4-11H,12-14H2,1-3H3,(H,21,24). The van der Waals surface area contributed by atoms with Crippen molar-refractivity contribution < 1.29 is 14.3 Å². The van der Waals surface area contributed by atoms with E-state index in [1.165, 1.54) is 19.6 Å². The summed E-state index contributed by atoms with van der Waals surface area (Å²) in [6.45, 7) is 4.92. The molecule has 2 aromatic rings. The van der Waals surface area contributed by atoms with E-state index in [0.717, 1.165) is 5.56 Å². The Hall–Kier alpha value is -2.82. The number of ether oxygens (including phenoxy) is 1. The molecule has 0 aliphatic carbocycles. The number of carbonyl (C=O) groups is 2. The first-order valence-corrected chi connectivity index (χ1v) is 8.23. The number of hydrogen-bond donors (Lipinski definition) is 1. The summed E-state index contributed by atoms with van der Waals surface area (Å²) in [5, 5.41) is 2.84. The molecule has 0 saturated carbocycles. The highest BCUT2D eigenvalue weighted by Gasteiger charge is 2.13. The number of nitrogens with zero attached hydrogens (tertiary/aromatic N) is 1. The van der Waals surface area contributed by atoms with Gasteiger partial charge in [0.15, 0.2) is 0 Å². The average Bonchev–Trinajstić information content (AvgIpc) is 2.62. The third-order valence-corrected chi connectivity index (χ3v) is 3.96. The molecule has 0 heterocycles. The minimum Gasteiger partial charge on any atom is -0.496 e. The Kier molecular flexibility index (Phi) is 6.57. The Balaban J connectivity index is 1.91. The maximum atomic E-state index is 12.3. The SMILES string of the molecule is COc1ccccc1C(=O)NCCN(Cc1ccc(C)cc1)C(C)=O. The minimum absolute atomic E-state index is 0.0212. The summed E-state index contributed by atoms with van der Waals surface area (Å²) in [6, 6.07) is 15.1. The lowest BCUT2D eigenvalue weighted by atomic mass is 10.1. The molecule has 0 atom stereocenters. The van der Waals surface area contributed by atoms with Crippen LogP contribution in [-0.2, 0) is 11.3 Å². The second-order valence-electron chi connectivity index (χ2n) is 5.88. The number of carbonyl (C=O) groups excluding carboxylic acids is 2. The Morgan fingerprint density at radius 2 is 1.76 bits per heavy atom. The third-order valence-electron chi connectivity index (χ3n) is 3.96. The van der Waals surface area contributed by atoms with Gasteiger partial charge in [0.25, 0.3) is 5.91 Å². The predicted molar refractivity (Wildman–Crippen MR) is 97.6 cm³/mol. The van der Waals surface area contributed by atoms with Gasteiger partial charge in [-0.1, -0.05) is 42.0 Å². The van der Waals surface area contributed by atoms with Crippen LogP contribution >= 0.6 is 0 Å². The number of nitrogens with one attached hydrogen (secondary N) is 1. The Labute approximate surface area is 148 Å². The Morgan fingerprint density at radius 3 is 2.40 bits per heavy atom. The van der Waals surface area contributed by atoms with Crippen LogP contribution in [0.25, 0.3) is 0 Å². The fourth-order valence-corrected chi connectivity index (χ4v) is 2.49. The van der Waals surface area contributed by atoms with Crippen LogP contribution in [0.15, 0.2) is 48.5 Å². The summed E-state index contributed by atoms with van der Waals surface area (Å²) in [6.07, 6.45) is 0. The smallest absolute Gasteiger partial charge is 0.255 e. The first-order valence-electron chi connectivity index (χ1n) is 8.23. The lowest BCUT2D eigenvalue weighted by molar-refractivity contribution is -0.129. The molecule has 0 bridgehead atoms. The molecule has 5 heteroatoms. The van der Waals surface area contributed by atoms with E-state index in [-0.39, 0.29) is 11.8 Å². The number of methoxy groups -OCH3 is 1. The zero-order valence-electron chi connectivity index (χ0n) is 14.9. The minimum atomic E-state index is -0.212. The molecule has 0 radical (unpaired) electrons. The molecule has 1 N–H and O–H groups in total. The van der Waals surface area contributed by atoms with Crippen molar-refractivity contribution in [2.45, 2.75) is 20.4 Å². The molecule has 0 aliphatic rings. The molecule has 0 fully saturated rings. The molecule has 2 aromatic carbocycles. The van der Waals surface area contributed by atoms with Gasteiger partial charge < -0.3 is 15.0 Å². The molecule has 0 aromatic heterocycles. The van der Waals surface area contributed by atoms with Gasteiger partial charge >= 0.3 is 0 Å². The molecule has 0 aliphatic heterocycles. The molecule has 25 heavy (non-hydrogen) atoms. The van der Waals surface area contributed by atoms with Gasteiger partial charge in [0.1, 0.15) is 5.75 Å². The number of rotatable bonds is 7. The van der Waals surface area contributed by atoms with Crippen LogP contribution in [0.4, 0.5) is 0 Å².